The highest BCUT2D eigenvalue weighted by Gasteiger charge is 2.31. The number of benzene rings is 1. The Balaban J connectivity index is 1.68. The molecule has 1 aliphatic heterocycles. The predicted octanol–water partition coefficient (Wildman–Crippen LogP) is 1.74. The van der Waals surface area contributed by atoms with Gasteiger partial charge < -0.3 is 10.6 Å². The molecule has 98 valence electrons. The van der Waals surface area contributed by atoms with Gasteiger partial charge in [0.2, 0.25) is 0 Å². The van der Waals surface area contributed by atoms with Crippen molar-refractivity contribution in [3.63, 3.8) is 0 Å². The number of aryl methyl sites for hydroxylation is 1. The summed E-state index contributed by atoms with van der Waals surface area (Å²) < 4.78 is 0. The molecule has 1 saturated carbocycles. The molecule has 1 saturated heterocycles. The van der Waals surface area contributed by atoms with Crippen LogP contribution in [-0.4, -0.2) is 37.1 Å². The molecule has 0 amide bonds. The van der Waals surface area contributed by atoms with Gasteiger partial charge in [-0.1, -0.05) is 12.1 Å². The van der Waals surface area contributed by atoms with Crippen molar-refractivity contribution in [1.82, 2.24) is 4.90 Å². The van der Waals surface area contributed by atoms with E-state index >= 15 is 0 Å². The fraction of sp³-hybridized carbons (Fsp3) is 0.600. The van der Waals surface area contributed by atoms with Crippen LogP contribution in [-0.2, 0) is 6.54 Å². The summed E-state index contributed by atoms with van der Waals surface area (Å²) in [6.07, 6.45) is 2.84. The maximum Gasteiger partial charge on any atom is 0.0397 e. The highest BCUT2D eigenvalue weighted by atomic mass is 15.3. The molecule has 0 bridgehead atoms. The average Bonchev–Trinajstić information content (AvgIpc) is 3.23. The summed E-state index contributed by atoms with van der Waals surface area (Å²) in [5.41, 5.74) is 9.67. The topological polar surface area (TPSA) is 32.5 Å². The first-order chi connectivity index (χ1) is 8.78. The standard InChI is InChI=1S/C15H23N3/c1-12-10-13(11-16)2-5-15(12)18-8-6-17(7-9-18)14-3-4-14/h2,5,10,14H,3-4,6-9,11,16H2,1H3. The van der Waals surface area contributed by atoms with Gasteiger partial charge in [-0.15, -0.1) is 0 Å². The van der Waals surface area contributed by atoms with Crippen LogP contribution in [0.2, 0.25) is 0 Å². The van der Waals surface area contributed by atoms with E-state index in [-0.39, 0.29) is 0 Å². The van der Waals surface area contributed by atoms with Gasteiger partial charge in [0.15, 0.2) is 0 Å². The lowest BCUT2D eigenvalue weighted by Crippen LogP contribution is -2.47. The Morgan fingerprint density at radius 3 is 2.44 bits per heavy atom. The molecule has 0 unspecified atom stereocenters. The molecule has 2 N–H and O–H groups in total. The zero-order valence-electron chi connectivity index (χ0n) is 11.2. The Kier molecular flexibility index (Phi) is 3.27. The predicted molar refractivity (Wildman–Crippen MR) is 75.9 cm³/mol. The minimum Gasteiger partial charge on any atom is -0.369 e. The van der Waals surface area contributed by atoms with Gasteiger partial charge in [-0.3, -0.25) is 4.90 Å². The lowest BCUT2D eigenvalue weighted by atomic mass is 10.1. The van der Waals surface area contributed by atoms with E-state index in [2.05, 4.69) is 34.9 Å². The fourth-order valence-electron chi connectivity index (χ4n) is 2.97. The molecular weight excluding hydrogens is 222 g/mol. The number of nitrogens with two attached hydrogens (primary N) is 1. The number of hydrogen-bond donors (Lipinski definition) is 1. The molecule has 0 atom stereocenters. The zero-order valence-corrected chi connectivity index (χ0v) is 11.2. The molecule has 3 nitrogen and oxygen atoms in total. The van der Waals surface area contributed by atoms with Gasteiger partial charge in [0, 0.05) is 44.5 Å². The highest BCUT2D eigenvalue weighted by molar-refractivity contribution is 5.54. The second-order valence-electron chi connectivity index (χ2n) is 5.58. The Bertz CT molecular complexity index is 418. The zero-order chi connectivity index (χ0) is 12.5. The van der Waals surface area contributed by atoms with Crippen molar-refractivity contribution >= 4 is 5.69 Å². The summed E-state index contributed by atoms with van der Waals surface area (Å²) in [4.78, 5) is 5.18. The van der Waals surface area contributed by atoms with Crippen molar-refractivity contribution in [2.45, 2.75) is 32.4 Å². The summed E-state index contributed by atoms with van der Waals surface area (Å²) in [6.45, 7) is 7.61. The summed E-state index contributed by atoms with van der Waals surface area (Å²) in [6, 6.07) is 7.54. The molecule has 1 aromatic rings. The molecule has 3 heteroatoms. The third-order valence-electron chi connectivity index (χ3n) is 4.22. The Hall–Kier alpha value is -1.06. The SMILES string of the molecule is Cc1cc(CN)ccc1N1CCN(C2CC2)CC1. The van der Waals surface area contributed by atoms with E-state index in [1.165, 1.54) is 55.8 Å². The van der Waals surface area contributed by atoms with Crippen LogP contribution in [0, 0.1) is 6.92 Å². The smallest absolute Gasteiger partial charge is 0.0397 e. The second-order valence-corrected chi connectivity index (χ2v) is 5.58. The second kappa shape index (κ2) is 4.90. The van der Waals surface area contributed by atoms with Gasteiger partial charge in [0.1, 0.15) is 0 Å². The van der Waals surface area contributed by atoms with Gasteiger partial charge >= 0.3 is 0 Å². The minimum absolute atomic E-state index is 0.635. The van der Waals surface area contributed by atoms with Crippen molar-refractivity contribution in [1.29, 1.82) is 0 Å². The van der Waals surface area contributed by atoms with Gasteiger partial charge in [-0.05, 0) is 37.0 Å². The molecule has 0 aromatic heterocycles. The summed E-state index contributed by atoms with van der Waals surface area (Å²) in [7, 11) is 0. The Morgan fingerprint density at radius 1 is 1.17 bits per heavy atom. The van der Waals surface area contributed by atoms with Crippen LogP contribution in [0.4, 0.5) is 5.69 Å². The lowest BCUT2D eigenvalue weighted by Gasteiger charge is -2.37. The lowest BCUT2D eigenvalue weighted by molar-refractivity contribution is 0.248. The number of nitrogens with zero attached hydrogens (tertiary/aromatic N) is 2. The van der Waals surface area contributed by atoms with Gasteiger partial charge in [0.25, 0.3) is 0 Å². The summed E-state index contributed by atoms with van der Waals surface area (Å²) in [5, 5.41) is 0. The average molecular weight is 245 g/mol. The molecular formula is C15H23N3. The molecule has 3 rings (SSSR count). The number of piperazine rings is 1. The number of hydrogen-bond acceptors (Lipinski definition) is 3. The van der Waals surface area contributed by atoms with Crippen molar-refractivity contribution < 1.29 is 0 Å². The van der Waals surface area contributed by atoms with Crippen molar-refractivity contribution in [3.05, 3.63) is 29.3 Å². The van der Waals surface area contributed by atoms with E-state index in [1.54, 1.807) is 0 Å². The largest absolute Gasteiger partial charge is 0.369 e. The van der Waals surface area contributed by atoms with Crippen molar-refractivity contribution in [2.24, 2.45) is 5.73 Å². The summed E-state index contributed by atoms with van der Waals surface area (Å²) >= 11 is 0. The monoisotopic (exact) mass is 245 g/mol. The normalized spacial score (nSPS) is 21.3. The molecule has 18 heavy (non-hydrogen) atoms. The van der Waals surface area contributed by atoms with Crippen LogP contribution < -0.4 is 10.6 Å². The van der Waals surface area contributed by atoms with Gasteiger partial charge in [0.05, 0.1) is 0 Å². The van der Waals surface area contributed by atoms with Gasteiger partial charge in [-0.2, -0.15) is 0 Å². The van der Waals surface area contributed by atoms with Crippen LogP contribution in [0.25, 0.3) is 0 Å². The van der Waals surface area contributed by atoms with Crippen LogP contribution >= 0.6 is 0 Å². The first-order valence-corrected chi connectivity index (χ1v) is 7.06. The third kappa shape index (κ3) is 2.38. The maximum absolute atomic E-state index is 5.69. The maximum atomic E-state index is 5.69. The highest BCUT2D eigenvalue weighted by Crippen LogP contribution is 2.29. The summed E-state index contributed by atoms with van der Waals surface area (Å²) in [5.74, 6) is 0. The van der Waals surface area contributed by atoms with Crippen LogP contribution in [0.15, 0.2) is 18.2 Å². The van der Waals surface area contributed by atoms with E-state index in [4.69, 9.17) is 5.73 Å². The van der Waals surface area contributed by atoms with E-state index in [0.717, 1.165) is 6.04 Å². The minimum atomic E-state index is 0.635. The van der Waals surface area contributed by atoms with Crippen LogP contribution in [0.5, 0.6) is 0 Å². The Morgan fingerprint density at radius 2 is 1.89 bits per heavy atom. The van der Waals surface area contributed by atoms with Crippen LogP contribution in [0.3, 0.4) is 0 Å². The van der Waals surface area contributed by atoms with Crippen LogP contribution in [0.1, 0.15) is 24.0 Å². The quantitative estimate of drug-likeness (QED) is 0.880. The third-order valence-corrected chi connectivity index (χ3v) is 4.22. The first kappa shape index (κ1) is 12.0. The van der Waals surface area contributed by atoms with E-state index in [9.17, 15) is 0 Å². The van der Waals surface area contributed by atoms with E-state index < -0.39 is 0 Å². The first-order valence-electron chi connectivity index (χ1n) is 7.06. The fourth-order valence-corrected chi connectivity index (χ4v) is 2.97. The Labute approximate surface area is 110 Å². The van der Waals surface area contributed by atoms with Crippen molar-refractivity contribution in [2.75, 3.05) is 31.1 Å². The van der Waals surface area contributed by atoms with Gasteiger partial charge in [-0.25, -0.2) is 0 Å². The van der Waals surface area contributed by atoms with E-state index in [0.29, 0.717) is 6.54 Å². The number of rotatable bonds is 3. The van der Waals surface area contributed by atoms with Crippen molar-refractivity contribution in [3.8, 4) is 0 Å². The molecule has 0 spiro atoms. The molecule has 2 fully saturated rings. The molecule has 1 heterocycles. The molecule has 0 radical (unpaired) electrons. The van der Waals surface area contributed by atoms with E-state index in [1.807, 2.05) is 0 Å². The molecule has 1 aliphatic carbocycles. The molecule has 1 aromatic carbocycles. The molecule has 2 aliphatic rings. The number of anilines is 1.